The van der Waals surface area contributed by atoms with Crippen molar-refractivity contribution in [2.24, 2.45) is 7.05 Å². The van der Waals surface area contributed by atoms with Crippen molar-refractivity contribution in [1.29, 1.82) is 0 Å². The van der Waals surface area contributed by atoms with Gasteiger partial charge in [0.05, 0.1) is 35.6 Å². The van der Waals surface area contributed by atoms with Crippen LogP contribution < -0.4 is 4.90 Å². The van der Waals surface area contributed by atoms with Gasteiger partial charge in [0.1, 0.15) is 5.69 Å². The Morgan fingerprint density at radius 1 is 0.969 bits per heavy atom. The van der Waals surface area contributed by atoms with Crippen molar-refractivity contribution in [3.8, 4) is 11.3 Å². The minimum absolute atomic E-state index is 0.110. The van der Waals surface area contributed by atoms with E-state index >= 15 is 0 Å². The number of hydrogen-bond acceptors (Lipinski definition) is 2. The summed E-state index contributed by atoms with van der Waals surface area (Å²) in [5.74, 6) is 0. The summed E-state index contributed by atoms with van der Waals surface area (Å²) < 4.78 is 41.2. The number of quaternary nitrogens is 1. The molecule has 4 aromatic rings. The normalized spacial score (nSPS) is 11.7. The van der Waals surface area contributed by atoms with Crippen LogP contribution >= 0.6 is 0 Å². The summed E-state index contributed by atoms with van der Waals surface area (Å²) in [7, 11) is 0.356. The second-order valence-electron chi connectivity index (χ2n) is 7.70. The zero-order valence-electron chi connectivity index (χ0n) is 18.0. The van der Waals surface area contributed by atoms with Gasteiger partial charge in [-0.2, -0.15) is 0 Å². The standard InChI is InChI=1S/C22H21N3O2.BF4/c1-14-18-13-10-15-6-5-7-19(23(2)3)20(15)22(18)24(4)21(14)16-8-11-17(12-9-16)25(26)27;2-1(3,4)5/h5-13H,1-4H3;/q;-1/p+1. The highest BCUT2D eigenvalue weighted by atomic mass is 19.5. The van der Waals surface area contributed by atoms with Crippen molar-refractivity contribution in [1.82, 2.24) is 4.57 Å². The Labute approximate surface area is 182 Å². The van der Waals surface area contributed by atoms with Crippen molar-refractivity contribution in [2.75, 3.05) is 14.1 Å². The number of aromatic nitrogens is 1. The average molecular weight is 447 g/mol. The molecule has 168 valence electrons. The molecule has 1 N–H and O–H groups in total. The largest absolute Gasteiger partial charge is 0.673 e. The van der Waals surface area contributed by atoms with E-state index in [0.717, 1.165) is 11.3 Å². The van der Waals surface area contributed by atoms with Crippen LogP contribution in [0.3, 0.4) is 0 Å². The first-order valence-electron chi connectivity index (χ1n) is 9.83. The predicted molar refractivity (Wildman–Crippen MR) is 120 cm³/mol. The first-order valence-corrected chi connectivity index (χ1v) is 9.83. The van der Waals surface area contributed by atoms with E-state index in [9.17, 15) is 27.4 Å². The summed E-state index contributed by atoms with van der Waals surface area (Å²) in [4.78, 5) is 11.9. The van der Waals surface area contributed by atoms with E-state index in [1.165, 1.54) is 37.8 Å². The number of hydrogen-bond donors (Lipinski definition) is 1. The van der Waals surface area contributed by atoms with Gasteiger partial charge in [0.2, 0.25) is 0 Å². The summed E-state index contributed by atoms with van der Waals surface area (Å²) in [6.07, 6.45) is 0. The highest BCUT2D eigenvalue weighted by Gasteiger charge is 2.21. The van der Waals surface area contributed by atoms with Gasteiger partial charge in [-0.25, -0.2) is 0 Å². The molecule has 32 heavy (non-hydrogen) atoms. The fraction of sp³-hybridized carbons (Fsp3) is 0.182. The molecule has 0 atom stereocenters. The first-order chi connectivity index (χ1) is 14.9. The minimum Gasteiger partial charge on any atom is -0.418 e. The van der Waals surface area contributed by atoms with E-state index in [2.05, 4.69) is 63.0 Å². The van der Waals surface area contributed by atoms with Crippen LogP contribution in [0, 0.1) is 17.0 Å². The van der Waals surface area contributed by atoms with Crippen molar-refractivity contribution in [2.45, 2.75) is 6.92 Å². The van der Waals surface area contributed by atoms with Gasteiger partial charge in [-0.1, -0.05) is 24.3 Å². The lowest BCUT2D eigenvalue weighted by atomic mass is 10.0. The van der Waals surface area contributed by atoms with E-state index in [4.69, 9.17) is 0 Å². The van der Waals surface area contributed by atoms with Crippen LogP contribution in [-0.2, 0) is 7.05 Å². The molecule has 0 amide bonds. The number of halogens is 4. The maximum atomic E-state index is 11.0. The average Bonchev–Trinajstić information content (AvgIpc) is 2.96. The van der Waals surface area contributed by atoms with E-state index in [1.54, 1.807) is 12.1 Å². The zero-order valence-corrected chi connectivity index (χ0v) is 18.0. The second-order valence-corrected chi connectivity index (χ2v) is 7.70. The lowest BCUT2D eigenvalue weighted by molar-refractivity contribution is -0.785. The third-order valence-corrected chi connectivity index (χ3v) is 5.34. The Bertz CT molecular complexity index is 1290. The van der Waals surface area contributed by atoms with Crippen LogP contribution in [0.1, 0.15) is 5.56 Å². The minimum atomic E-state index is -6.00. The number of nitro benzene ring substituents is 1. The number of nitrogens with zero attached hydrogens (tertiary/aromatic N) is 2. The molecule has 0 unspecified atom stereocenters. The van der Waals surface area contributed by atoms with Crippen LogP contribution in [0.2, 0.25) is 0 Å². The zero-order chi connectivity index (χ0) is 23.8. The van der Waals surface area contributed by atoms with E-state index in [0.29, 0.717) is 0 Å². The summed E-state index contributed by atoms with van der Waals surface area (Å²) >= 11 is 0. The molecule has 4 rings (SSSR count). The molecule has 0 aliphatic carbocycles. The number of aryl methyl sites for hydroxylation is 2. The number of non-ortho nitro benzene ring substituents is 1. The molecule has 5 nitrogen and oxygen atoms in total. The van der Waals surface area contributed by atoms with Gasteiger partial charge in [-0.15, -0.1) is 0 Å². The highest BCUT2D eigenvalue weighted by molar-refractivity contribution is 6.50. The molecule has 0 fully saturated rings. The fourth-order valence-corrected chi connectivity index (χ4v) is 4.07. The van der Waals surface area contributed by atoms with Crippen molar-refractivity contribution >= 4 is 40.3 Å². The third-order valence-electron chi connectivity index (χ3n) is 5.34. The fourth-order valence-electron chi connectivity index (χ4n) is 4.07. The van der Waals surface area contributed by atoms with E-state index < -0.39 is 7.25 Å². The maximum absolute atomic E-state index is 11.0. The number of nitro groups is 1. The second kappa shape index (κ2) is 8.62. The van der Waals surface area contributed by atoms with Gasteiger partial charge in [0.25, 0.3) is 5.69 Å². The molecule has 1 heterocycles. The smallest absolute Gasteiger partial charge is 0.418 e. The number of nitrogens with one attached hydrogen (secondary N) is 1. The highest BCUT2D eigenvalue weighted by Crippen LogP contribution is 2.38. The topological polar surface area (TPSA) is 52.5 Å². The molecule has 0 radical (unpaired) electrons. The predicted octanol–water partition coefficient (Wildman–Crippen LogP) is 5.29. The lowest BCUT2D eigenvalue weighted by Crippen LogP contribution is -3.00. The maximum Gasteiger partial charge on any atom is 0.673 e. The van der Waals surface area contributed by atoms with Gasteiger partial charge < -0.3 is 26.7 Å². The Hall–Kier alpha value is -3.40. The Balaban J connectivity index is 0.000000523. The monoisotopic (exact) mass is 447 g/mol. The Morgan fingerprint density at radius 3 is 2.09 bits per heavy atom. The van der Waals surface area contributed by atoms with Gasteiger partial charge in [0, 0.05) is 24.6 Å². The SMILES string of the molecule is Cc1c(-c2ccc([N+](=O)[O-])cc2)n(C)c2c1ccc1cccc([NH+](C)C)c12.F[B-](F)(F)F. The number of rotatable bonds is 3. The van der Waals surface area contributed by atoms with Gasteiger partial charge in [-0.05, 0) is 41.6 Å². The van der Waals surface area contributed by atoms with Gasteiger partial charge in [0.15, 0.2) is 0 Å². The molecular weight excluding hydrogens is 425 g/mol. The molecule has 10 heteroatoms. The van der Waals surface area contributed by atoms with E-state index in [-0.39, 0.29) is 10.6 Å². The Kier molecular flexibility index (Phi) is 6.27. The summed E-state index contributed by atoms with van der Waals surface area (Å²) in [6, 6.07) is 17.6. The van der Waals surface area contributed by atoms with Crippen LogP contribution in [0.25, 0.3) is 32.9 Å². The van der Waals surface area contributed by atoms with Crippen LogP contribution in [0.4, 0.5) is 28.6 Å². The Morgan fingerprint density at radius 2 is 1.56 bits per heavy atom. The molecule has 0 saturated heterocycles. The van der Waals surface area contributed by atoms with Crippen LogP contribution in [0.15, 0.2) is 54.6 Å². The van der Waals surface area contributed by atoms with Gasteiger partial charge >= 0.3 is 7.25 Å². The molecular formula is C22H22BF4N3O2. The summed E-state index contributed by atoms with van der Waals surface area (Å²) in [6.45, 7) is 2.12. The summed E-state index contributed by atoms with van der Waals surface area (Å²) in [5.41, 5.74) is 5.84. The van der Waals surface area contributed by atoms with E-state index in [1.807, 2.05) is 12.1 Å². The van der Waals surface area contributed by atoms with Crippen molar-refractivity contribution < 1.29 is 27.1 Å². The van der Waals surface area contributed by atoms with Crippen molar-refractivity contribution in [3.05, 3.63) is 70.3 Å². The molecule has 0 spiro atoms. The number of benzene rings is 3. The molecule has 3 aromatic carbocycles. The first kappa shape index (κ1) is 23.3. The molecule has 0 bridgehead atoms. The lowest BCUT2D eigenvalue weighted by Gasteiger charge is -2.12. The van der Waals surface area contributed by atoms with Gasteiger partial charge in [-0.3, -0.25) is 10.1 Å². The van der Waals surface area contributed by atoms with Crippen LogP contribution in [-0.4, -0.2) is 30.8 Å². The van der Waals surface area contributed by atoms with Crippen molar-refractivity contribution in [3.63, 3.8) is 0 Å². The third kappa shape index (κ3) is 4.60. The molecule has 0 aliphatic heterocycles. The molecule has 1 aromatic heterocycles. The summed E-state index contributed by atoms with van der Waals surface area (Å²) in [5, 5.41) is 14.7. The number of fused-ring (bicyclic) bond motifs is 3. The molecule has 0 saturated carbocycles. The molecule has 0 aliphatic rings. The van der Waals surface area contributed by atoms with Crippen LogP contribution in [0.5, 0.6) is 0 Å². The quantitative estimate of drug-likeness (QED) is 0.201.